The Morgan fingerprint density at radius 2 is 2.19 bits per heavy atom. The monoisotopic (exact) mass is 283 g/mol. The summed E-state index contributed by atoms with van der Waals surface area (Å²) in [5.74, 6) is 2.92. The van der Waals surface area contributed by atoms with E-state index in [4.69, 9.17) is 4.52 Å². The summed E-state index contributed by atoms with van der Waals surface area (Å²) in [7, 11) is 0. The molecular formula is C15H17N5O. The maximum atomic E-state index is 5.38. The molecule has 1 fully saturated rings. The molecule has 4 rings (SSSR count). The average Bonchev–Trinajstić information content (AvgIpc) is 3.08. The quantitative estimate of drug-likeness (QED) is 0.765. The van der Waals surface area contributed by atoms with Crippen LogP contribution in [0.1, 0.15) is 18.6 Å². The second-order valence-electron chi connectivity index (χ2n) is 5.48. The van der Waals surface area contributed by atoms with Crippen LogP contribution in [-0.4, -0.2) is 33.2 Å². The molecule has 0 saturated carbocycles. The van der Waals surface area contributed by atoms with Crippen molar-refractivity contribution in [2.75, 3.05) is 13.1 Å². The van der Waals surface area contributed by atoms with Crippen molar-refractivity contribution in [3.63, 3.8) is 0 Å². The van der Waals surface area contributed by atoms with Gasteiger partial charge in [-0.25, -0.2) is 4.98 Å². The molecule has 1 aromatic carbocycles. The zero-order chi connectivity index (χ0) is 14.2. The van der Waals surface area contributed by atoms with E-state index in [9.17, 15) is 0 Å². The van der Waals surface area contributed by atoms with Crippen molar-refractivity contribution in [3.05, 3.63) is 29.9 Å². The van der Waals surface area contributed by atoms with Gasteiger partial charge in [-0.2, -0.15) is 4.98 Å². The highest BCUT2D eigenvalue weighted by Gasteiger charge is 2.21. The Hall–Kier alpha value is -2.21. The normalized spacial score (nSPS) is 15.5. The smallest absolute Gasteiger partial charge is 0.227 e. The van der Waals surface area contributed by atoms with Crippen LogP contribution in [0, 0.1) is 5.92 Å². The van der Waals surface area contributed by atoms with Crippen molar-refractivity contribution in [1.29, 1.82) is 0 Å². The molecule has 2 N–H and O–H groups in total. The van der Waals surface area contributed by atoms with Crippen molar-refractivity contribution in [3.8, 4) is 11.4 Å². The van der Waals surface area contributed by atoms with Gasteiger partial charge in [-0.05, 0) is 31.1 Å². The van der Waals surface area contributed by atoms with E-state index >= 15 is 0 Å². The Morgan fingerprint density at radius 1 is 1.29 bits per heavy atom. The number of aryl methyl sites for hydroxylation is 1. The van der Waals surface area contributed by atoms with Gasteiger partial charge in [0.2, 0.25) is 11.7 Å². The van der Waals surface area contributed by atoms with E-state index < -0.39 is 0 Å². The lowest BCUT2D eigenvalue weighted by molar-refractivity contribution is 0.296. The molecule has 0 radical (unpaired) electrons. The van der Waals surface area contributed by atoms with Gasteiger partial charge in [0.25, 0.3) is 0 Å². The van der Waals surface area contributed by atoms with Gasteiger partial charge >= 0.3 is 0 Å². The predicted molar refractivity (Wildman–Crippen MR) is 78.8 cm³/mol. The molecule has 21 heavy (non-hydrogen) atoms. The SMILES string of the molecule is CCc1nc2c(-c3noc(CC4CNC4)n3)cccc2[nH]1. The fraction of sp³-hybridized carbons (Fsp3) is 0.400. The van der Waals surface area contributed by atoms with Gasteiger partial charge in [-0.3, -0.25) is 0 Å². The third kappa shape index (κ3) is 2.21. The number of rotatable bonds is 4. The molecular weight excluding hydrogens is 266 g/mol. The summed E-state index contributed by atoms with van der Waals surface area (Å²) in [5.41, 5.74) is 2.84. The lowest BCUT2D eigenvalue weighted by Crippen LogP contribution is -2.43. The molecule has 2 aromatic heterocycles. The van der Waals surface area contributed by atoms with Gasteiger partial charge in [0.1, 0.15) is 5.82 Å². The summed E-state index contributed by atoms with van der Waals surface area (Å²) in [6.07, 6.45) is 1.72. The van der Waals surface area contributed by atoms with Gasteiger partial charge in [-0.15, -0.1) is 0 Å². The Kier molecular flexibility index (Phi) is 2.96. The van der Waals surface area contributed by atoms with Gasteiger partial charge < -0.3 is 14.8 Å². The molecule has 0 amide bonds. The third-order valence-electron chi connectivity index (χ3n) is 3.93. The molecule has 3 heterocycles. The third-order valence-corrected chi connectivity index (χ3v) is 3.93. The first-order valence-electron chi connectivity index (χ1n) is 7.34. The molecule has 6 nitrogen and oxygen atoms in total. The van der Waals surface area contributed by atoms with Gasteiger partial charge in [-0.1, -0.05) is 18.1 Å². The largest absolute Gasteiger partial charge is 0.342 e. The van der Waals surface area contributed by atoms with Crippen molar-refractivity contribution < 1.29 is 4.52 Å². The summed E-state index contributed by atoms with van der Waals surface area (Å²) in [6, 6.07) is 6.00. The van der Waals surface area contributed by atoms with Gasteiger partial charge in [0.15, 0.2) is 0 Å². The number of hydrogen-bond acceptors (Lipinski definition) is 5. The first-order chi connectivity index (χ1) is 10.3. The number of aromatic amines is 1. The second-order valence-corrected chi connectivity index (χ2v) is 5.48. The van der Waals surface area contributed by atoms with Crippen molar-refractivity contribution in [2.24, 2.45) is 5.92 Å². The van der Waals surface area contributed by atoms with E-state index in [1.54, 1.807) is 0 Å². The standard InChI is InChI=1S/C15H17N5O/c1-2-12-17-11-5-3-4-10(14(11)18-12)15-19-13(21-20-15)6-9-7-16-8-9/h3-5,9,16H,2,6-8H2,1H3,(H,17,18). The van der Waals surface area contributed by atoms with Crippen LogP contribution < -0.4 is 5.32 Å². The Balaban J connectivity index is 1.70. The predicted octanol–water partition coefficient (Wildman–Crippen LogP) is 1.94. The summed E-state index contributed by atoms with van der Waals surface area (Å²) < 4.78 is 5.38. The Morgan fingerprint density at radius 3 is 2.95 bits per heavy atom. The molecule has 0 aliphatic carbocycles. The van der Waals surface area contributed by atoms with E-state index in [1.165, 1.54) is 0 Å². The number of para-hydroxylation sites is 1. The summed E-state index contributed by atoms with van der Waals surface area (Å²) in [6.45, 7) is 4.15. The first-order valence-corrected chi connectivity index (χ1v) is 7.34. The first kappa shape index (κ1) is 12.5. The molecule has 1 aliphatic rings. The minimum atomic E-state index is 0.617. The maximum Gasteiger partial charge on any atom is 0.227 e. The summed E-state index contributed by atoms with van der Waals surface area (Å²) in [4.78, 5) is 12.5. The van der Waals surface area contributed by atoms with Crippen LogP contribution in [0.3, 0.4) is 0 Å². The van der Waals surface area contributed by atoms with Crippen LogP contribution in [0.15, 0.2) is 22.7 Å². The number of nitrogens with one attached hydrogen (secondary N) is 2. The fourth-order valence-electron chi connectivity index (χ4n) is 2.62. The number of H-pyrrole nitrogens is 1. The van der Waals surface area contributed by atoms with E-state index in [-0.39, 0.29) is 0 Å². The second kappa shape index (κ2) is 4.96. The minimum Gasteiger partial charge on any atom is -0.342 e. The lowest BCUT2D eigenvalue weighted by Gasteiger charge is -2.25. The topological polar surface area (TPSA) is 79.6 Å². The van der Waals surface area contributed by atoms with Crippen LogP contribution in [0.25, 0.3) is 22.4 Å². The van der Waals surface area contributed by atoms with E-state index in [2.05, 4.69) is 32.3 Å². The van der Waals surface area contributed by atoms with Crippen LogP contribution >= 0.6 is 0 Å². The number of hydrogen-bond donors (Lipinski definition) is 2. The Bertz CT molecular complexity index is 771. The Labute approximate surface area is 122 Å². The zero-order valence-electron chi connectivity index (χ0n) is 11.9. The molecule has 0 unspecified atom stereocenters. The molecule has 0 spiro atoms. The maximum absolute atomic E-state index is 5.38. The van der Waals surface area contributed by atoms with E-state index in [0.29, 0.717) is 17.6 Å². The molecule has 3 aromatic rings. The molecule has 0 atom stereocenters. The highest BCUT2D eigenvalue weighted by Crippen LogP contribution is 2.25. The molecule has 1 aliphatic heterocycles. The van der Waals surface area contributed by atoms with Crippen LogP contribution in [0.2, 0.25) is 0 Å². The summed E-state index contributed by atoms with van der Waals surface area (Å²) >= 11 is 0. The van der Waals surface area contributed by atoms with E-state index in [1.807, 2.05) is 18.2 Å². The van der Waals surface area contributed by atoms with Crippen LogP contribution in [0.5, 0.6) is 0 Å². The fourth-order valence-corrected chi connectivity index (χ4v) is 2.62. The number of aromatic nitrogens is 4. The van der Waals surface area contributed by atoms with Crippen LogP contribution in [0.4, 0.5) is 0 Å². The lowest BCUT2D eigenvalue weighted by atomic mass is 10.00. The minimum absolute atomic E-state index is 0.617. The zero-order valence-corrected chi connectivity index (χ0v) is 11.9. The number of benzene rings is 1. The van der Waals surface area contributed by atoms with Crippen molar-refractivity contribution in [2.45, 2.75) is 19.8 Å². The average molecular weight is 283 g/mol. The molecule has 108 valence electrons. The van der Waals surface area contributed by atoms with E-state index in [0.717, 1.165) is 48.4 Å². The number of nitrogens with zero attached hydrogens (tertiary/aromatic N) is 3. The molecule has 6 heteroatoms. The van der Waals surface area contributed by atoms with Crippen LogP contribution in [-0.2, 0) is 12.8 Å². The highest BCUT2D eigenvalue weighted by molar-refractivity contribution is 5.89. The molecule has 0 bridgehead atoms. The number of imidazole rings is 1. The van der Waals surface area contributed by atoms with Crippen molar-refractivity contribution >= 4 is 11.0 Å². The van der Waals surface area contributed by atoms with Crippen molar-refractivity contribution in [1.82, 2.24) is 25.4 Å². The number of fused-ring (bicyclic) bond motifs is 1. The molecule has 1 saturated heterocycles. The van der Waals surface area contributed by atoms with Gasteiger partial charge in [0, 0.05) is 12.8 Å². The summed E-state index contributed by atoms with van der Waals surface area (Å²) in [5, 5.41) is 7.37. The highest BCUT2D eigenvalue weighted by atomic mass is 16.5. The van der Waals surface area contributed by atoms with Gasteiger partial charge in [0.05, 0.1) is 16.6 Å².